The maximum Gasteiger partial charge on any atom is 0.0361 e. The van der Waals surface area contributed by atoms with Crippen LogP contribution in [0.4, 0.5) is 0 Å². The molecule has 0 unspecified atom stereocenters. The third kappa shape index (κ3) is 7.73. The quantitative estimate of drug-likeness (QED) is 0.130. The van der Waals surface area contributed by atoms with E-state index in [2.05, 4.69) is 204 Å². The van der Waals surface area contributed by atoms with Crippen LogP contribution in [0.15, 0.2) is 170 Å². The lowest BCUT2D eigenvalue weighted by Crippen LogP contribution is -2.17. The lowest BCUT2D eigenvalue weighted by molar-refractivity contribution is 1.15. The fraction of sp³-hybridized carbons (Fsp3) is 0.115. The zero-order chi connectivity index (χ0) is 37.4. The largest absolute Gasteiger partial charge is 0.136 e. The molecule has 0 atom stereocenters. The molecule has 5 aromatic carbocycles. The van der Waals surface area contributed by atoms with E-state index in [4.69, 9.17) is 0 Å². The van der Waals surface area contributed by atoms with Crippen LogP contribution in [-0.4, -0.2) is 0 Å². The van der Waals surface area contributed by atoms with Crippen LogP contribution in [0.1, 0.15) is 51.7 Å². The molecule has 0 bridgehead atoms. The summed E-state index contributed by atoms with van der Waals surface area (Å²) >= 11 is 3.77. The average molecular weight is 735 g/mol. The molecular weight excluding hydrogens is 689 g/mol. The van der Waals surface area contributed by atoms with Gasteiger partial charge in [0.15, 0.2) is 0 Å². The average Bonchev–Trinajstić information content (AvgIpc) is 3.75. The molecule has 0 amide bonds. The standard InChI is InChI=1S/C52H46S2/c1-6-21-38(7-2)31-30-37(5)41-24-15-12-11-14-23-40(42-25-17-18-26-43(41)42)36(4)22-13-9-10-16-28-45-48(8-3)53-50-33-32-39-34-51-47(35-46(39)52(45)50)44-27-19-20-29-49(44)54-51/h6,8-15,17-35H,4,7,16H2,1-3,5H3/b10-9+,12-11?,14-11?,15-12?,21-6-,22-13-,23-14?,24-15?,37-30+,38-31+,40-23?,41-24?,42-40?,43-41?,45-28+,48-8+. The maximum absolute atomic E-state index is 4.54. The molecule has 0 aliphatic heterocycles. The summed E-state index contributed by atoms with van der Waals surface area (Å²) in [5.74, 6) is 0. The predicted molar refractivity (Wildman–Crippen MR) is 246 cm³/mol. The van der Waals surface area contributed by atoms with Crippen molar-refractivity contribution >= 4 is 97.8 Å². The maximum atomic E-state index is 4.54. The van der Waals surface area contributed by atoms with Crippen molar-refractivity contribution in [1.82, 2.24) is 0 Å². The number of benzene rings is 4. The van der Waals surface area contributed by atoms with E-state index in [1.54, 1.807) is 0 Å². The predicted octanol–water partition coefficient (Wildman–Crippen LogP) is 14.8. The smallest absolute Gasteiger partial charge is 0.0361 e. The first kappa shape index (κ1) is 36.8. The van der Waals surface area contributed by atoms with Crippen LogP contribution >= 0.6 is 22.7 Å². The summed E-state index contributed by atoms with van der Waals surface area (Å²) in [6.07, 6.45) is 23.9. The molecule has 0 saturated carbocycles. The lowest BCUT2D eigenvalue weighted by Gasteiger charge is -2.09. The van der Waals surface area contributed by atoms with Gasteiger partial charge in [-0.25, -0.2) is 0 Å². The van der Waals surface area contributed by atoms with Gasteiger partial charge in [-0.15, -0.1) is 22.7 Å². The minimum Gasteiger partial charge on any atom is -0.136 e. The fourth-order valence-electron chi connectivity index (χ4n) is 7.22. The molecule has 7 rings (SSSR count). The molecule has 7 aromatic rings. The summed E-state index contributed by atoms with van der Waals surface area (Å²) < 4.78 is 5.36. The summed E-state index contributed by atoms with van der Waals surface area (Å²) in [6.45, 7) is 13.2. The van der Waals surface area contributed by atoms with Crippen molar-refractivity contribution in [2.45, 2.75) is 40.5 Å². The molecule has 0 aliphatic rings. The Morgan fingerprint density at radius 1 is 0.648 bits per heavy atom. The van der Waals surface area contributed by atoms with Crippen LogP contribution in [0, 0.1) is 0 Å². The van der Waals surface area contributed by atoms with E-state index in [1.807, 2.05) is 22.7 Å². The van der Waals surface area contributed by atoms with Crippen molar-refractivity contribution in [2.24, 2.45) is 0 Å². The van der Waals surface area contributed by atoms with Gasteiger partial charge in [-0.3, -0.25) is 0 Å². The Morgan fingerprint density at radius 3 is 2.13 bits per heavy atom. The van der Waals surface area contributed by atoms with Gasteiger partial charge in [0.25, 0.3) is 0 Å². The van der Waals surface area contributed by atoms with Crippen molar-refractivity contribution < 1.29 is 0 Å². The van der Waals surface area contributed by atoms with Crippen LogP contribution in [0.3, 0.4) is 0 Å². The van der Waals surface area contributed by atoms with Gasteiger partial charge in [-0.05, 0) is 112 Å². The lowest BCUT2D eigenvalue weighted by atomic mass is 9.95. The highest BCUT2D eigenvalue weighted by Crippen LogP contribution is 2.38. The van der Waals surface area contributed by atoms with E-state index in [0.717, 1.165) is 24.0 Å². The number of fused-ring (bicyclic) bond motifs is 7. The number of thiophene rings is 2. The Balaban J connectivity index is 1.21. The summed E-state index contributed by atoms with van der Waals surface area (Å²) in [5, 5.41) is 10.4. The fourth-order valence-corrected chi connectivity index (χ4v) is 9.46. The van der Waals surface area contributed by atoms with Crippen molar-refractivity contribution in [3.05, 3.63) is 191 Å². The first-order valence-corrected chi connectivity index (χ1v) is 20.4. The second-order valence-corrected chi connectivity index (χ2v) is 15.6. The summed E-state index contributed by atoms with van der Waals surface area (Å²) in [7, 11) is 0. The summed E-state index contributed by atoms with van der Waals surface area (Å²) in [5.41, 5.74) is 5.81. The Hall–Kier alpha value is -5.54. The molecular formula is C52H46S2. The van der Waals surface area contributed by atoms with E-state index in [9.17, 15) is 0 Å². The van der Waals surface area contributed by atoms with Gasteiger partial charge >= 0.3 is 0 Å². The van der Waals surface area contributed by atoms with E-state index >= 15 is 0 Å². The van der Waals surface area contributed by atoms with E-state index in [-0.39, 0.29) is 0 Å². The second kappa shape index (κ2) is 17.1. The van der Waals surface area contributed by atoms with Crippen LogP contribution in [0.25, 0.3) is 75.1 Å². The van der Waals surface area contributed by atoms with Crippen LogP contribution in [-0.2, 0) is 0 Å². The van der Waals surface area contributed by atoms with Crippen molar-refractivity contribution in [1.29, 1.82) is 0 Å². The van der Waals surface area contributed by atoms with Gasteiger partial charge in [0.1, 0.15) is 0 Å². The molecule has 0 radical (unpaired) electrons. The summed E-state index contributed by atoms with van der Waals surface area (Å²) in [6, 6.07) is 39.6. The normalized spacial score (nSPS) is 13.6. The molecule has 0 spiro atoms. The zero-order valence-corrected chi connectivity index (χ0v) is 33.2. The van der Waals surface area contributed by atoms with Gasteiger partial charge in [-0.1, -0.05) is 159 Å². The molecule has 0 aliphatic carbocycles. The molecule has 0 N–H and O–H groups in total. The molecule has 266 valence electrons. The number of hydrogen-bond donors (Lipinski definition) is 0. The highest BCUT2D eigenvalue weighted by atomic mass is 32.1. The van der Waals surface area contributed by atoms with Crippen LogP contribution in [0.2, 0.25) is 0 Å². The molecule has 2 aromatic heterocycles. The summed E-state index contributed by atoms with van der Waals surface area (Å²) in [4.78, 5) is 0. The number of rotatable bonds is 9. The third-order valence-corrected chi connectivity index (χ3v) is 12.3. The number of allylic oxidation sites excluding steroid dienone is 11. The van der Waals surface area contributed by atoms with Gasteiger partial charge in [0, 0.05) is 34.8 Å². The van der Waals surface area contributed by atoms with Gasteiger partial charge in [-0.2, -0.15) is 0 Å². The monoisotopic (exact) mass is 734 g/mol. The van der Waals surface area contributed by atoms with Crippen LogP contribution in [0.5, 0.6) is 0 Å². The van der Waals surface area contributed by atoms with Gasteiger partial charge in [0.05, 0.1) is 0 Å². The SMILES string of the molecule is C=C(/C=C\C=C\C/C=c1\c(=C/C)sc2ccc3cc4sc5ccccc5c4cc3c12)c1ccccccc(/C(C)=C/C=C(/C=C\C)CC)c2ccccc12. The van der Waals surface area contributed by atoms with Crippen LogP contribution < -0.4 is 9.75 Å². The minimum atomic E-state index is 0.839. The minimum absolute atomic E-state index is 0.839. The molecule has 2 heterocycles. The van der Waals surface area contributed by atoms with Gasteiger partial charge < -0.3 is 0 Å². The highest BCUT2D eigenvalue weighted by Gasteiger charge is 2.11. The van der Waals surface area contributed by atoms with Crippen molar-refractivity contribution in [3.63, 3.8) is 0 Å². The third-order valence-electron chi connectivity index (χ3n) is 9.97. The number of hydrogen-bond acceptors (Lipinski definition) is 2. The van der Waals surface area contributed by atoms with Crippen molar-refractivity contribution in [3.8, 4) is 0 Å². The molecule has 0 saturated heterocycles. The Kier molecular flexibility index (Phi) is 11.6. The molecule has 54 heavy (non-hydrogen) atoms. The van der Waals surface area contributed by atoms with E-state index in [1.165, 1.54) is 78.3 Å². The Labute approximate surface area is 327 Å². The van der Waals surface area contributed by atoms with Crippen molar-refractivity contribution in [2.75, 3.05) is 0 Å². The van der Waals surface area contributed by atoms with E-state index in [0.29, 0.717) is 0 Å². The Bertz CT molecular complexity index is 2880. The van der Waals surface area contributed by atoms with E-state index < -0.39 is 0 Å². The second-order valence-electron chi connectivity index (χ2n) is 13.4. The highest BCUT2D eigenvalue weighted by molar-refractivity contribution is 7.25. The first-order valence-electron chi connectivity index (χ1n) is 18.8. The Morgan fingerprint density at radius 2 is 1.37 bits per heavy atom. The topological polar surface area (TPSA) is 0 Å². The van der Waals surface area contributed by atoms with Gasteiger partial charge in [0.2, 0.25) is 0 Å². The zero-order valence-electron chi connectivity index (χ0n) is 31.6. The molecule has 0 fully saturated rings. The molecule has 0 nitrogen and oxygen atoms in total. The molecule has 2 heteroatoms. The first-order chi connectivity index (χ1) is 26.5.